The van der Waals surface area contributed by atoms with Crippen LogP contribution in [0.1, 0.15) is 43.1 Å². The van der Waals surface area contributed by atoms with Gasteiger partial charge in [-0.15, -0.1) is 0 Å². The number of carbonyl (C=O) groups excluding carboxylic acids is 1. The lowest BCUT2D eigenvalue weighted by Crippen LogP contribution is -2.32. The molecule has 2 atom stereocenters. The monoisotopic (exact) mass is 437 g/mol. The van der Waals surface area contributed by atoms with Crippen LogP contribution in [-0.4, -0.2) is 36.6 Å². The molecule has 0 spiro atoms. The Morgan fingerprint density at radius 1 is 1.17 bits per heavy atom. The maximum Gasteiger partial charge on any atom is 0.289 e. The Labute approximate surface area is 176 Å². The maximum absolute atomic E-state index is 12.2. The molecule has 0 fully saturated rings. The molecule has 1 aromatic heterocycles. The second-order valence-electron chi connectivity index (χ2n) is 6.97. The molecule has 0 radical (unpaired) electrons. The second-order valence-corrected chi connectivity index (χ2v) is 9.30. The Morgan fingerprint density at radius 3 is 2.34 bits per heavy atom. The summed E-state index contributed by atoms with van der Waals surface area (Å²) >= 11 is 6.29. The van der Waals surface area contributed by atoms with E-state index in [-0.39, 0.29) is 17.8 Å². The summed E-state index contributed by atoms with van der Waals surface area (Å²) in [5.41, 5.74) is 0.859. The van der Waals surface area contributed by atoms with Gasteiger partial charge in [-0.25, -0.2) is 18.4 Å². The van der Waals surface area contributed by atoms with Gasteiger partial charge < -0.3 is 10.1 Å². The van der Waals surface area contributed by atoms with Gasteiger partial charge in [-0.1, -0.05) is 49.7 Å². The van der Waals surface area contributed by atoms with E-state index in [2.05, 4.69) is 15.3 Å². The van der Waals surface area contributed by atoms with Gasteiger partial charge in [0, 0.05) is 28.3 Å². The fraction of sp³-hybridized carbons (Fsp3) is 0.350. The summed E-state index contributed by atoms with van der Waals surface area (Å²) in [6, 6.07) is 6.96. The van der Waals surface area contributed by atoms with Crippen LogP contribution < -0.4 is 10.1 Å². The summed E-state index contributed by atoms with van der Waals surface area (Å²) < 4.78 is 28.3. The Balaban J connectivity index is 2.08. The number of hydrogen-bond acceptors (Lipinski definition) is 6. The van der Waals surface area contributed by atoms with Gasteiger partial charge in [-0.05, 0) is 18.9 Å². The molecule has 2 aromatic rings. The van der Waals surface area contributed by atoms with Crippen LogP contribution in [-0.2, 0) is 9.84 Å². The minimum absolute atomic E-state index is 0.0456. The molecule has 7 nitrogen and oxygen atoms in total. The van der Waals surface area contributed by atoms with Gasteiger partial charge in [-0.3, -0.25) is 4.79 Å². The third-order valence-corrected chi connectivity index (χ3v) is 4.88. The number of aromatic nitrogens is 2. The molecule has 1 heterocycles. The predicted octanol–water partition coefficient (Wildman–Crippen LogP) is 3.58. The number of hydrogen-bond donors (Lipinski definition) is 1. The van der Waals surface area contributed by atoms with E-state index in [9.17, 15) is 13.2 Å². The molecular formula is C20H24ClN3O4S. The molecule has 0 aliphatic rings. The van der Waals surface area contributed by atoms with E-state index >= 15 is 0 Å². The third kappa shape index (κ3) is 7.14. The number of benzene rings is 1. The highest BCUT2D eigenvalue weighted by Gasteiger charge is 2.21. The second kappa shape index (κ2) is 9.84. The van der Waals surface area contributed by atoms with Crippen LogP contribution in [0.2, 0.25) is 5.02 Å². The molecule has 2 rings (SSSR count). The van der Waals surface area contributed by atoms with Gasteiger partial charge >= 0.3 is 0 Å². The van der Waals surface area contributed by atoms with E-state index in [4.69, 9.17) is 16.3 Å². The number of nitrogens with one attached hydrogen (secondary N) is 1. The minimum Gasteiger partial charge on any atom is -0.482 e. The van der Waals surface area contributed by atoms with E-state index in [0.29, 0.717) is 10.8 Å². The first-order valence-electron chi connectivity index (χ1n) is 8.99. The zero-order chi connectivity index (χ0) is 21.6. The summed E-state index contributed by atoms with van der Waals surface area (Å²) in [7, 11) is -3.26. The van der Waals surface area contributed by atoms with Gasteiger partial charge in [0.1, 0.15) is 6.10 Å². The Hall–Kier alpha value is -2.45. The van der Waals surface area contributed by atoms with Crippen molar-refractivity contribution in [2.45, 2.75) is 32.9 Å². The normalized spacial score (nSPS) is 14.0. The molecule has 29 heavy (non-hydrogen) atoms. The molecule has 1 aromatic carbocycles. The number of halogens is 1. The summed E-state index contributed by atoms with van der Waals surface area (Å²) in [6.45, 7) is 5.68. The fourth-order valence-electron chi connectivity index (χ4n) is 2.49. The van der Waals surface area contributed by atoms with Crippen LogP contribution in [0, 0.1) is 5.92 Å². The quantitative estimate of drug-likeness (QED) is 0.677. The van der Waals surface area contributed by atoms with Crippen LogP contribution in [0.15, 0.2) is 48.1 Å². The number of amides is 1. The minimum atomic E-state index is -3.26. The smallest absolute Gasteiger partial charge is 0.289 e. The summed E-state index contributed by atoms with van der Waals surface area (Å²) in [6.07, 6.45) is 5.00. The first kappa shape index (κ1) is 22.8. The molecule has 0 saturated heterocycles. The van der Waals surface area contributed by atoms with E-state index in [1.807, 2.05) is 32.0 Å². The third-order valence-electron chi connectivity index (χ3n) is 3.88. The number of nitrogens with zero attached hydrogens (tertiary/aromatic N) is 2. The lowest BCUT2D eigenvalue weighted by molar-refractivity contribution is 0.0935. The number of sulfone groups is 1. The van der Waals surface area contributed by atoms with Crippen LogP contribution in [0.3, 0.4) is 0 Å². The van der Waals surface area contributed by atoms with Gasteiger partial charge in [0.2, 0.25) is 5.82 Å². The average molecular weight is 438 g/mol. The molecule has 0 aliphatic heterocycles. The number of ether oxygens (including phenoxy) is 1. The van der Waals surface area contributed by atoms with Gasteiger partial charge in [0.05, 0.1) is 12.4 Å². The van der Waals surface area contributed by atoms with Crippen LogP contribution in [0.5, 0.6) is 5.75 Å². The van der Waals surface area contributed by atoms with Crippen molar-refractivity contribution in [1.29, 1.82) is 0 Å². The molecule has 0 saturated carbocycles. The largest absolute Gasteiger partial charge is 0.482 e. The molecular weight excluding hydrogens is 414 g/mol. The van der Waals surface area contributed by atoms with Gasteiger partial charge in [0.25, 0.3) is 5.91 Å². The van der Waals surface area contributed by atoms with Crippen molar-refractivity contribution in [2.75, 3.05) is 6.26 Å². The van der Waals surface area contributed by atoms with Crippen molar-refractivity contribution in [3.05, 3.63) is 64.6 Å². The van der Waals surface area contributed by atoms with Gasteiger partial charge in [-0.2, -0.15) is 0 Å². The molecule has 0 bridgehead atoms. The van der Waals surface area contributed by atoms with Crippen LogP contribution in [0.4, 0.5) is 0 Å². The molecule has 9 heteroatoms. The highest BCUT2D eigenvalue weighted by molar-refractivity contribution is 7.93. The summed E-state index contributed by atoms with van der Waals surface area (Å²) in [5.74, 6) is -0.0185. The van der Waals surface area contributed by atoms with E-state index in [0.717, 1.165) is 17.2 Å². The molecule has 0 unspecified atom stereocenters. The molecule has 1 N–H and O–H groups in total. The van der Waals surface area contributed by atoms with E-state index < -0.39 is 21.8 Å². The van der Waals surface area contributed by atoms with Crippen LogP contribution in [0.25, 0.3) is 0 Å². The SMILES string of the molecule is CC(C)[C@H](Oc1cnc(C(=O)N[C@H](C)/C=C/S(C)(=O)=O)nc1)c1ccccc1Cl. The standard InChI is InChI=1S/C20H24ClN3O4S/c1-13(2)18(16-7-5-6-8-17(16)21)28-15-11-22-19(23-12-15)20(25)24-14(3)9-10-29(4,26)27/h5-14,18H,1-4H3,(H,24,25)/b10-9+/t14-,18+/m1/s1. The van der Waals surface area contributed by atoms with Crippen molar-refractivity contribution in [3.63, 3.8) is 0 Å². The average Bonchev–Trinajstić information content (AvgIpc) is 2.65. The zero-order valence-electron chi connectivity index (χ0n) is 16.7. The van der Waals surface area contributed by atoms with Crippen molar-refractivity contribution >= 4 is 27.3 Å². The van der Waals surface area contributed by atoms with Crippen molar-refractivity contribution in [1.82, 2.24) is 15.3 Å². The first-order valence-corrected chi connectivity index (χ1v) is 11.3. The highest BCUT2D eigenvalue weighted by atomic mass is 35.5. The number of carbonyl (C=O) groups is 1. The lowest BCUT2D eigenvalue weighted by atomic mass is 9.99. The molecule has 156 valence electrons. The summed E-state index contributed by atoms with van der Waals surface area (Å²) in [5, 5.41) is 4.26. The first-order chi connectivity index (χ1) is 13.6. The Morgan fingerprint density at radius 2 is 1.79 bits per heavy atom. The Kier molecular flexibility index (Phi) is 7.75. The van der Waals surface area contributed by atoms with Gasteiger partial charge in [0.15, 0.2) is 15.6 Å². The van der Waals surface area contributed by atoms with Crippen molar-refractivity contribution < 1.29 is 17.9 Å². The van der Waals surface area contributed by atoms with Crippen LogP contribution >= 0.6 is 11.6 Å². The van der Waals surface area contributed by atoms with Crippen molar-refractivity contribution in [2.24, 2.45) is 5.92 Å². The van der Waals surface area contributed by atoms with E-state index in [1.54, 1.807) is 13.0 Å². The number of rotatable bonds is 8. The van der Waals surface area contributed by atoms with E-state index in [1.165, 1.54) is 18.5 Å². The fourth-order valence-corrected chi connectivity index (χ4v) is 3.25. The maximum atomic E-state index is 12.2. The Bertz CT molecular complexity index is 975. The highest BCUT2D eigenvalue weighted by Crippen LogP contribution is 2.32. The lowest BCUT2D eigenvalue weighted by Gasteiger charge is -2.23. The summed E-state index contributed by atoms with van der Waals surface area (Å²) in [4.78, 5) is 20.3. The topological polar surface area (TPSA) is 98.2 Å². The molecule has 1 amide bonds. The predicted molar refractivity (Wildman–Crippen MR) is 113 cm³/mol. The zero-order valence-corrected chi connectivity index (χ0v) is 18.2. The molecule has 0 aliphatic carbocycles. The van der Waals surface area contributed by atoms with Crippen molar-refractivity contribution in [3.8, 4) is 5.75 Å².